The number of unbranched alkanes of at least 4 members (excludes halogenated alkanes) is 4. The van der Waals surface area contributed by atoms with Crippen molar-refractivity contribution in [2.24, 2.45) is 5.73 Å². The first-order valence-electron chi connectivity index (χ1n) is 7.81. The Balaban J connectivity index is 0. The van der Waals surface area contributed by atoms with E-state index in [9.17, 15) is 14.7 Å². The Labute approximate surface area is 137 Å². The summed E-state index contributed by atoms with van der Waals surface area (Å²) < 4.78 is 8.88. The van der Waals surface area contributed by atoms with Crippen LogP contribution in [0, 0.1) is 0 Å². The molecule has 0 saturated heterocycles. The number of rotatable bonds is 11. The summed E-state index contributed by atoms with van der Waals surface area (Å²) in [5.41, 5.74) is 5.63. The van der Waals surface area contributed by atoms with Crippen LogP contribution in [-0.2, 0) is 14.2 Å². The fourth-order valence-electron chi connectivity index (χ4n) is 1.79. The van der Waals surface area contributed by atoms with Crippen molar-refractivity contribution < 1.29 is 33.9 Å². The van der Waals surface area contributed by atoms with E-state index in [-0.39, 0.29) is 11.6 Å². The van der Waals surface area contributed by atoms with Gasteiger partial charge in [-0.05, 0) is 12.8 Å². The topological polar surface area (TPSA) is 158 Å². The lowest BCUT2D eigenvalue weighted by atomic mass is 9.97. The Hall–Kier alpha value is -0.630. The quantitative estimate of drug-likeness (QED) is 0.272. The highest BCUT2D eigenvalue weighted by Gasteiger charge is 2.27. The lowest BCUT2D eigenvalue weighted by molar-refractivity contribution is -0.134. The summed E-state index contributed by atoms with van der Waals surface area (Å²) in [6.07, 6.45) is 4.85. The SMILES string of the molecule is CCCCCC(=O)C(N)C(O)C(=O)CCCCC.O=P(O)(O)O. The van der Waals surface area contributed by atoms with E-state index in [0.717, 1.165) is 38.5 Å². The van der Waals surface area contributed by atoms with Crippen LogP contribution in [0.2, 0.25) is 0 Å². The van der Waals surface area contributed by atoms with Crippen molar-refractivity contribution in [3.8, 4) is 0 Å². The zero-order valence-corrected chi connectivity index (χ0v) is 14.7. The molecule has 23 heavy (non-hydrogen) atoms. The van der Waals surface area contributed by atoms with Gasteiger partial charge in [-0.1, -0.05) is 39.5 Å². The summed E-state index contributed by atoms with van der Waals surface area (Å²) >= 11 is 0. The van der Waals surface area contributed by atoms with Crippen LogP contribution in [-0.4, -0.2) is 43.5 Å². The van der Waals surface area contributed by atoms with Crippen LogP contribution in [0.15, 0.2) is 0 Å². The van der Waals surface area contributed by atoms with Gasteiger partial charge in [-0.3, -0.25) is 9.59 Å². The van der Waals surface area contributed by atoms with Gasteiger partial charge in [0.2, 0.25) is 0 Å². The summed E-state index contributed by atoms with van der Waals surface area (Å²) in [6, 6.07) is -1.05. The van der Waals surface area contributed by atoms with E-state index < -0.39 is 20.0 Å². The van der Waals surface area contributed by atoms with E-state index in [1.54, 1.807) is 0 Å². The third-order valence-electron chi connectivity index (χ3n) is 3.10. The number of carbonyl (C=O) groups is 2. The third-order valence-corrected chi connectivity index (χ3v) is 3.10. The van der Waals surface area contributed by atoms with Crippen LogP contribution >= 0.6 is 7.82 Å². The molecule has 9 heteroatoms. The van der Waals surface area contributed by atoms with E-state index >= 15 is 0 Å². The second-order valence-electron chi connectivity index (χ2n) is 5.33. The maximum atomic E-state index is 11.7. The highest BCUT2D eigenvalue weighted by Crippen LogP contribution is 2.25. The van der Waals surface area contributed by atoms with Crippen molar-refractivity contribution in [3.05, 3.63) is 0 Å². The van der Waals surface area contributed by atoms with Crippen LogP contribution in [0.25, 0.3) is 0 Å². The number of hydrogen-bond acceptors (Lipinski definition) is 5. The highest BCUT2D eigenvalue weighted by atomic mass is 31.2. The smallest absolute Gasteiger partial charge is 0.383 e. The number of hydrogen-bond donors (Lipinski definition) is 5. The summed E-state index contributed by atoms with van der Waals surface area (Å²) in [5.74, 6) is -0.514. The molecule has 0 heterocycles. The number of aliphatic hydroxyl groups is 1. The molecule has 2 atom stereocenters. The average Bonchev–Trinajstić information content (AvgIpc) is 2.44. The zero-order valence-electron chi connectivity index (χ0n) is 13.8. The molecule has 0 aliphatic heterocycles. The first kappa shape index (κ1) is 24.6. The van der Waals surface area contributed by atoms with E-state index in [2.05, 4.69) is 6.92 Å². The molecule has 2 unspecified atom stereocenters. The largest absolute Gasteiger partial charge is 0.466 e. The van der Waals surface area contributed by atoms with Gasteiger partial charge in [0.1, 0.15) is 6.10 Å². The number of aliphatic hydroxyl groups excluding tert-OH is 1. The fourth-order valence-corrected chi connectivity index (χ4v) is 1.79. The second-order valence-corrected chi connectivity index (χ2v) is 6.36. The standard InChI is InChI=1S/C14H27NO3.H3O4P/c1-3-5-7-9-11(16)13(15)14(18)12(17)10-8-6-4-2;1-5(2,3)4/h13-14,18H,3-10,15H2,1-2H3;(H3,1,2,3,4). The van der Waals surface area contributed by atoms with Crippen molar-refractivity contribution in [2.45, 2.75) is 77.4 Å². The number of carbonyl (C=O) groups excluding carboxylic acids is 2. The van der Waals surface area contributed by atoms with Crippen molar-refractivity contribution in [3.63, 3.8) is 0 Å². The van der Waals surface area contributed by atoms with Crippen LogP contribution in [0.1, 0.15) is 65.2 Å². The van der Waals surface area contributed by atoms with Gasteiger partial charge in [-0.2, -0.15) is 0 Å². The van der Waals surface area contributed by atoms with Crippen LogP contribution in [0.5, 0.6) is 0 Å². The van der Waals surface area contributed by atoms with E-state index in [4.69, 9.17) is 25.0 Å². The molecule has 0 rings (SSSR count). The Bertz CT molecular complexity index is 349. The molecular formula is C14H30NO7P. The third kappa shape index (κ3) is 17.6. The zero-order chi connectivity index (χ0) is 18.5. The van der Waals surface area contributed by atoms with Crippen LogP contribution in [0.4, 0.5) is 0 Å². The first-order chi connectivity index (χ1) is 10.5. The molecule has 0 aliphatic rings. The monoisotopic (exact) mass is 355 g/mol. The van der Waals surface area contributed by atoms with Gasteiger partial charge in [0, 0.05) is 12.8 Å². The molecule has 0 amide bonds. The number of ketones is 2. The first-order valence-corrected chi connectivity index (χ1v) is 9.38. The summed E-state index contributed by atoms with van der Waals surface area (Å²) in [5, 5.41) is 9.72. The van der Waals surface area contributed by atoms with Gasteiger partial charge >= 0.3 is 7.82 Å². The van der Waals surface area contributed by atoms with Crippen molar-refractivity contribution >= 4 is 19.4 Å². The fraction of sp³-hybridized carbons (Fsp3) is 0.857. The molecule has 8 nitrogen and oxygen atoms in total. The highest BCUT2D eigenvalue weighted by molar-refractivity contribution is 7.45. The van der Waals surface area contributed by atoms with Gasteiger partial charge in [0.25, 0.3) is 0 Å². The van der Waals surface area contributed by atoms with Crippen molar-refractivity contribution in [1.29, 1.82) is 0 Å². The minimum absolute atomic E-state index is 0.209. The van der Waals surface area contributed by atoms with Gasteiger partial charge in [-0.15, -0.1) is 0 Å². The lowest BCUT2D eigenvalue weighted by Gasteiger charge is -2.16. The Kier molecular flexibility index (Phi) is 14.7. The molecule has 0 bridgehead atoms. The second kappa shape index (κ2) is 13.8. The van der Waals surface area contributed by atoms with Crippen LogP contribution < -0.4 is 5.73 Å². The van der Waals surface area contributed by atoms with Gasteiger partial charge < -0.3 is 25.5 Å². The average molecular weight is 355 g/mol. The maximum absolute atomic E-state index is 11.7. The molecule has 0 aromatic rings. The molecule has 0 spiro atoms. The number of Topliss-reactive ketones (excluding diaryl/α,β-unsaturated/α-hetero) is 2. The Morgan fingerprint density at radius 1 is 0.913 bits per heavy atom. The van der Waals surface area contributed by atoms with Crippen molar-refractivity contribution in [2.75, 3.05) is 0 Å². The predicted octanol–water partition coefficient (Wildman–Crippen LogP) is 1.04. The molecule has 0 aliphatic carbocycles. The summed E-state index contributed by atoms with van der Waals surface area (Å²) in [4.78, 5) is 44.8. The van der Waals surface area contributed by atoms with Gasteiger partial charge in [0.05, 0.1) is 6.04 Å². The molecule has 0 fully saturated rings. The molecule has 0 aromatic carbocycles. The van der Waals surface area contributed by atoms with E-state index in [1.165, 1.54) is 0 Å². The van der Waals surface area contributed by atoms with E-state index in [1.807, 2.05) is 6.92 Å². The predicted molar refractivity (Wildman–Crippen MR) is 86.5 cm³/mol. The molecule has 0 aromatic heterocycles. The molecule has 138 valence electrons. The summed E-state index contributed by atoms with van der Waals surface area (Å²) in [6.45, 7) is 4.10. The van der Waals surface area contributed by atoms with E-state index in [0.29, 0.717) is 12.8 Å². The number of phosphoric acid groups is 1. The normalized spacial score (nSPS) is 13.7. The van der Waals surface area contributed by atoms with Crippen molar-refractivity contribution in [1.82, 2.24) is 0 Å². The molecular weight excluding hydrogens is 325 g/mol. The van der Waals surface area contributed by atoms with Crippen LogP contribution in [0.3, 0.4) is 0 Å². The lowest BCUT2D eigenvalue weighted by Crippen LogP contribution is -2.46. The Morgan fingerprint density at radius 2 is 1.26 bits per heavy atom. The molecule has 0 saturated carbocycles. The van der Waals surface area contributed by atoms with Gasteiger partial charge in [0.15, 0.2) is 11.6 Å². The number of nitrogens with two attached hydrogens (primary N) is 1. The Morgan fingerprint density at radius 3 is 1.61 bits per heavy atom. The molecule has 6 N–H and O–H groups in total. The molecule has 0 radical (unpaired) electrons. The minimum Gasteiger partial charge on any atom is -0.383 e. The maximum Gasteiger partial charge on any atom is 0.466 e. The summed E-state index contributed by atoms with van der Waals surface area (Å²) in [7, 11) is -4.64. The minimum atomic E-state index is -4.64. The van der Waals surface area contributed by atoms with Gasteiger partial charge in [-0.25, -0.2) is 4.57 Å².